The van der Waals surface area contributed by atoms with Gasteiger partial charge in [0.2, 0.25) is 0 Å². The molecule has 8 nitrogen and oxygen atoms in total. The summed E-state index contributed by atoms with van der Waals surface area (Å²) in [5.41, 5.74) is 1.06. The van der Waals surface area contributed by atoms with Crippen molar-refractivity contribution in [1.29, 1.82) is 0 Å². The van der Waals surface area contributed by atoms with Gasteiger partial charge in [0.1, 0.15) is 5.82 Å². The van der Waals surface area contributed by atoms with E-state index < -0.39 is 15.7 Å². The Morgan fingerprint density at radius 1 is 1.10 bits per heavy atom. The van der Waals surface area contributed by atoms with Gasteiger partial charge in [-0.2, -0.15) is 5.10 Å². The summed E-state index contributed by atoms with van der Waals surface area (Å²) in [6.45, 7) is 0.340. The minimum atomic E-state index is -3.41. The number of methoxy groups -OCH3 is 2. The molecule has 2 aromatic carbocycles. The molecule has 0 aliphatic rings. The Bertz CT molecular complexity index is 1140. The summed E-state index contributed by atoms with van der Waals surface area (Å²) in [6, 6.07) is 13.1. The Kier molecular flexibility index (Phi) is 5.88. The Labute approximate surface area is 169 Å². The summed E-state index contributed by atoms with van der Waals surface area (Å²) in [6.07, 6.45) is 2.66. The molecule has 1 amide bonds. The number of sulfone groups is 1. The van der Waals surface area contributed by atoms with Crippen LogP contribution in [-0.2, 0) is 16.4 Å². The number of amides is 1. The lowest BCUT2D eigenvalue weighted by molar-refractivity contribution is 0.102. The number of carbonyl (C=O) groups is 1. The van der Waals surface area contributed by atoms with Gasteiger partial charge in [-0.15, -0.1) is 0 Å². The number of benzene rings is 2. The predicted molar refractivity (Wildman–Crippen MR) is 108 cm³/mol. The summed E-state index contributed by atoms with van der Waals surface area (Å²) in [4.78, 5) is 12.7. The van der Waals surface area contributed by atoms with Gasteiger partial charge in [-0.1, -0.05) is 18.2 Å². The van der Waals surface area contributed by atoms with E-state index in [4.69, 9.17) is 9.47 Å². The van der Waals surface area contributed by atoms with Crippen molar-refractivity contribution < 1.29 is 22.7 Å². The van der Waals surface area contributed by atoms with E-state index in [0.29, 0.717) is 23.9 Å². The maximum atomic E-state index is 12.6. The minimum absolute atomic E-state index is 0.0831. The first-order valence-corrected chi connectivity index (χ1v) is 10.6. The quantitative estimate of drug-likeness (QED) is 0.637. The fraction of sp³-hybridized carbons (Fsp3) is 0.200. The molecule has 152 valence electrons. The molecule has 0 aliphatic carbocycles. The number of nitrogens with one attached hydrogen (secondary N) is 1. The van der Waals surface area contributed by atoms with Crippen molar-refractivity contribution in [2.75, 3.05) is 25.8 Å². The molecule has 0 atom stereocenters. The van der Waals surface area contributed by atoms with E-state index in [1.807, 2.05) is 12.1 Å². The number of anilines is 1. The molecule has 3 rings (SSSR count). The number of para-hydroxylation sites is 1. The largest absolute Gasteiger partial charge is 0.493 e. The molecular weight excluding hydrogens is 394 g/mol. The number of hydrogen-bond acceptors (Lipinski definition) is 6. The first-order chi connectivity index (χ1) is 13.8. The van der Waals surface area contributed by atoms with Crippen LogP contribution in [0.15, 0.2) is 59.6 Å². The zero-order chi connectivity index (χ0) is 21.0. The monoisotopic (exact) mass is 415 g/mol. The lowest BCUT2D eigenvalue weighted by Crippen LogP contribution is -2.17. The van der Waals surface area contributed by atoms with E-state index in [2.05, 4.69) is 10.4 Å². The van der Waals surface area contributed by atoms with Crippen molar-refractivity contribution in [3.8, 4) is 11.5 Å². The van der Waals surface area contributed by atoms with Crippen LogP contribution in [0.25, 0.3) is 0 Å². The summed E-state index contributed by atoms with van der Waals surface area (Å²) in [5.74, 6) is 1.21. The molecule has 1 N–H and O–H groups in total. The van der Waals surface area contributed by atoms with E-state index in [1.165, 1.54) is 18.2 Å². The van der Waals surface area contributed by atoms with Crippen LogP contribution in [0.4, 0.5) is 5.82 Å². The van der Waals surface area contributed by atoms with Gasteiger partial charge in [0.25, 0.3) is 5.91 Å². The molecule has 0 radical (unpaired) electrons. The minimum Gasteiger partial charge on any atom is -0.493 e. The van der Waals surface area contributed by atoms with Gasteiger partial charge >= 0.3 is 0 Å². The summed E-state index contributed by atoms with van der Waals surface area (Å²) in [5, 5.41) is 7.02. The number of ether oxygens (including phenoxy) is 2. The third-order valence-corrected chi connectivity index (χ3v) is 5.40. The number of carbonyl (C=O) groups excluding carboxylic acids is 1. The van der Waals surface area contributed by atoms with Crippen LogP contribution in [0, 0.1) is 0 Å². The van der Waals surface area contributed by atoms with Crippen molar-refractivity contribution in [1.82, 2.24) is 9.78 Å². The number of hydrogen-bond donors (Lipinski definition) is 1. The molecule has 0 fully saturated rings. The molecule has 1 aromatic heterocycles. The third kappa shape index (κ3) is 4.57. The van der Waals surface area contributed by atoms with Crippen LogP contribution in [0.1, 0.15) is 15.9 Å². The van der Waals surface area contributed by atoms with Crippen molar-refractivity contribution in [3.63, 3.8) is 0 Å². The molecular formula is C20H21N3O5S. The molecule has 0 saturated heterocycles. The average Bonchev–Trinajstić information content (AvgIpc) is 3.13. The smallest absolute Gasteiger partial charge is 0.256 e. The Morgan fingerprint density at radius 2 is 1.86 bits per heavy atom. The van der Waals surface area contributed by atoms with Gasteiger partial charge in [-0.25, -0.2) is 13.1 Å². The van der Waals surface area contributed by atoms with Crippen LogP contribution in [-0.4, -0.2) is 44.6 Å². The Morgan fingerprint density at radius 3 is 2.55 bits per heavy atom. The van der Waals surface area contributed by atoms with Gasteiger partial charge in [-0.3, -0.25) is 4.79 Å². The van der Waals surface area contributed by atoms with E-state index in [-0.39, 0.29) is 10.5 Å². The highest BCUT2D eigenvalue weighted by Gasteiger charge is 2.15. The molecule has 1 heterocycles. The third-order valence-electron chi connectivity index (χ3n) is 4.29. The highest BCUT2D eigenvalue weighted by Crippen LogP contribution is 2.31. The van der Waals surface area contributed by atoms with Crippen molar-refractivity contribution in [2.45, 2.75) is 11.4 Å². The Hall–Kier alpha value is -3.33. The van der Waals surface area contributed by atoms with Crippen molar-refractivity contribution in [2.24, 2.45) is 0 Å². The predicted octanol–water partition coefficient (Wildman–Crippen LogP) is 2.60. The van der Waals surface area contributed by atoms with Crippen LogP contribution in [0.5, 0.6) is 11.5 Å². The van der Waals surface area contributed by atoms with Gasteiger partial charge in [0.15, 0.2) is 21.3 Å². The van der Waals surface area contributed by atoms with Gasteiger partial charge in [0, 0.05) is 23.4 Å². The van der Waals surface area contributed by atoms with Gasteiger partial charge < -0.3 is 14.8 Å². The van der Waals surface area contributed by atoms with Crippen molar-refractivity contribution >= 4 is 21.6 Å². The normalized spacial score (nSPS) is 11.1. The second kappa shape index (κ2) is 8.36. The van der Waals surface area contributed by atoms with Crippen LogP contribution < -0.4 is 14.8 Å². The van der Waals surface area contributed by atoms with Crippen LogP contribution in [0.3, 0.4) is 0 Å². The maximum absolute atomic E-state index is 12.6. The fourth-order valence-corrected chi connectivity index (χ4v) is 3.53. The van der Waals surface area contributed by atoms with Gasteiger partial charge in [-0.05, 0) is 24.3 Å². The number of aromatic nitrogens is 2. The molecule has 9 heteroatoms. The zero-order valence-electron chi connectivity index (χ0n) is 16.2. The van der Waals surface area contributed by atoms with Crippen molar-refractivity contribution in [3.05, 3.63) is 65.9 Å². The van der Waals surface area contributed by atoms with Gasteiger partial charge in [0.05, 0.1) is 31.9 Å². The summed E-state index contributed by atoms with van der Waals surface area (Å²) >= 11 is 0. The first kappa shape index (κ1) is 20.4. The average molecular weight is 415 g/mol. The summed E-state index contributed by atoms with van der Waals surface area (Å²) in [7, 11) is -0.289. The number of nitrogens with zero attached hydrogens (tertiary/aromatic N) is 2. The standard InChI is InChI=1S/C20H21N3O5S/c1-27-17-9-5-7-15(19(17)28-2)13-23-18(10-11-21-23)22-20(24)14-6-4-8-16(12-14)29(3,25)26/h4-12H,13H2,1-3H3,(H,22,24). The second-order valence-corrected chi connectivity index (χ2v) is 8.30. The zero-order valence-corrected chi connectivity index (χ0v) is 17.1. The van der Waals surface area contributed by atoms with E-state index in [0.717, 1.165) is 11.8 Å². The topological polar surface area (TPSA) is 99.5 Å². The fourth-order valence-electron chi connectivity index (χ4n) is 2.86. The SMILES string of the molecule is COc1cccc(Cn2nccc2NC(=O)c2cccc(S(C)(=O)=O)c2)c1OC. The van der Waals surface area contributed by atoms with E-state index >= 15 is 0 Å². The number of rotatable bonds is 7. The van der Waals surface area contributed by atoms with Crippen LogP contribution in [0.2, 0.25) is 0 Å². The highest BCUT2D eigenvalue weighted by atomic mass is 32.2. The molecule has 0 bridgehead atoms. The second-order valence-electron chi connectivity index (χ2n) is 6.28. The van der Waals surface area contributed by atoms with E-state index in [1.54, 1.807) is 43.3 Å². The molecule has 29 heavy (non-hydrogen) atoms. The lowest BCUT2D eigenvalue weighted by atomic mass is 10.2. The highest BCUT2D eigenvalue weighted by molar-refractivity contribution is 7.90. The molecule has 0 aliphatic heterocycles. The molecule has 0 unspecified atom stereocenters. The lowest BCUT2D eigenvalue weighted by Gasteiger charge is -2.14. The maximum Gasteiger partial charge on any atom is 0.256 e. The molecule has 0 spiro atoms. The first-order valence-electron chi connectivity index (χ1n) is 8.66. The molecule has 0 saturated carbocycles. The Balaban J connectivity index is 1.84. The van der Waals surface area contributed by atoms with E-state index in [9.17, 15) is 13.2 Å². The van der Waals surface area contributed by atoms with Crippen LogP contribution >= 0.6 is 0 Å². The summed E-state index contributed by atoms with van der Waals surface area (Å²) < 4.78 is 35.8. The molecule has 3 aromatic rings.